The molecule has 1 aliphatic rings. The minimum absolute atomic E-state index is 0.0356. The second kappa shape index (κ2) is 5.77. The van der Waals surface area contributed by atoms with Crippen molar-refractivity contribution in [1.82, 2.24) is 5.32 Å². The van der Waals surface area contributed by atoms with Crippen molar-refractivity contribution in [2.24, 2.45) is 0 Å². The minimum Gasteiger partial charge on any atom is -0.508 e. The van der Waals surface area contributed by atoms with Crippen LogP contribution in [0.3, 0.4) is 0 Å². The van der Waals surface area contributed by atoms with Crippen LogP contribution in [0.15, 0.2) is 18.2 Å². The second-order valence-corrected chi connectivity index (χ2v) is 5.22. The zero-order valence-corrected chi connectivity index (χ0v) is 11.1. The highest BCUT2D eigenvalue weighted by Crippen LogP contribution is 2.26. The normalized spacial score (nSPS) is 20.1. The summed E-state index contributed by atoms with van der Waals surface area (Å²) in [5.41, 5.74) is 0.0546. The van der Waals surface area contributed by atoms with Crippen molar-refractivity contribution in [3.63, 3.8) is 0 Å². The first-order valence-corrected chi connectivity index (χ1v) is 6.55. The Labute approximate surface area is 112 Å². The predicted molar refractivity (Wildman–Crippen MR) is 71.2 cm³/mol. The van der Waals surface area contributed by atoms with Gasteiger partial charge in [0, 0.05) is 44.7 Å². The fourth-order valence-corrected chi connectivity index (χ4v) is 2.26. The molecule has 0 spiro atoms. The summed E-state index contributed by atoms with van der Waals surface area (Å²) in [5, 5.41) is 32.5. The lowest BCUT2D eigenvalue weighted by atomic mass is 9.94. The van der Waals surface area contributed by atoms with Crippen LogP contribution in [0.25, 0.3) is 0 Å². The summed E-state index contributed by atoms with van der Waals surface area (Å²) in [6.07, 6.45) is 1.25. The van der Waals surface area contributed by atoms with E-state index in [4.69, 9.17) is 4.74 Å². The maximum Gasteiger partial charge on any atom is 0.119 e. The first-order valence-electron chi connectivity index (χ1n) is 6.55. The Hall–Kier alpha value is -1.30. The smallest absolute Gasteiger partial charge is 0.119 e. The lowest BCUT2D eigenvalue weighted by Crippen LogP contribution is -2.45. The Bertz CT molecular complexity index is 409. The van der Waals surface area contributed by atoms with E-state index in [1.807, 2.05) is 6.92 Å². The van der Waals surface area contributed by atoms with E-state index in [0.717, 1.165) is 5.56 Å². The van der Waals surface area contributed by atoms with Crippen LogP contribution in [0.2, 0.25) is 0 Å². The van der Waals surface area contributed by atoms with Crippen LogP contribution in [0.5, 0.6) is 11.5 Å². The number of hydrogen-bond donors (Lipinski definition) is 4. The molecule has 106 valence electrons. The minimum atomic E-state index is -0.731. The SMILES string of the molecule is CC(NCC1(O)CCOCC1)c1cc(O)cc(O)c1. The van der Waals surface area contributed by atoms with Gasteiger partial charge in [0.15, 0.2) is 0 Å². The fourth-order valence-electron chi connectivity index (χ4n) is 2.26. The number of nitrogens with one attached hydrogen (secondary N) is 1. The Morgan fingerprint density at radius 2 is 1.79 bits per heavy atom. The Kier molecular flexibility index (Phi) is 4.29. The van der Waals surface area contributed by atoms with E-state index in [1.165, 1.54) is 6.07 Å². The molecule has 2 rings (SSSR count). The number of phenolic OH excluding ortho intramolecular Hbond substituents is 2. The summed E-state index contributed by atoms with van der Waals surface area (Å²) >= 11 is 0. The Morgan fingerprint density at radius 3 is 2.37 bits per heavy atom. The highest BCUT2D eigenvalue weighted by Gasteiger charge is 2.29. The number of rotatable bonds is 4. The topological polar surface area (TPSA) is 82.0 Å². The molecule has 1 aliphatic heterocycles. The molecular weight excluding hydrogens is 246 g/mol. The van der Waals surface area contributed by atoms with Crippen LogP contribution in [-0.2, 0) is 4.74 Å². The van der Waals surface area contributed by atoms with Gasteiger partial charge in [0.25, 0.3) is 0 Å². The number of benzene rings is 1. The van der Waals surface area contributed by atoms with Gasteiger partial charge < -0.3 is 25.4 Å². The molecule has 4 N–H and O–H groups in total. The third kappa shape index (κ3) is 3.83. The van der Waals surface area contributed by atoms with Crippen LogP contribution >= 0.6 is 0 Å². The number of hydrogen-bond acceptors (Lipinski definition) is 5. The highest BCUT2D eigenvalue weighted by atomic mass is 16.5. The lowest BCUT2D eigenvalue weighted by molar-refractivity contribution is -0.0626. The van der Waals surface area contributed by atoms with Crippen molar-refractivity contribution in [2.45, 2.75) is 31.4 Å². The molecular formula is C14H21NO4. The molecule has 5 heteroatoms. The van der Waals surface area contributed by atoms with Gasteiger partial charge in [0.05, 0.1) is 5.60 Å². The summed E-state index contributed by atoms with van der Waals surface area (Å²) in [5.74, 6) is 0.0712. The number of phenols is 2. The van der Waals surface area contributed by atoms with Gasteiger partial charge in [0.2, 0.25) is 0 Å². The maximum absolute atomic E-state index is 10.3. The average molecular weight is 267 g/mol. The summed E-state index contributed by atoms with van der Waals surface area (Å²) in [6.45, 7) is 3.56. The van der Waals surface area contributed by atoms with Gasteiger partial charge >= 0.3 is 0 Å². The molecule has 19 heavy (non-hydrogen) atoms. The molecule has 0 amide bonds. The maximum atomic E-state index is 10.3. The molecule has 1 fully saturated rings. The first kappa shape index (κ1) is 14.1. The molecule has 5 nitrogen and oxygen atoms in total. The van der Waals surface area contributed by atoms with Crippen molar-refractivity contribution in [2.75, 3.05) is 19.8 Å². The van der Waals surface area contributed by atoms with Crippen molar-refractivity contribution in [3.05, 3.63) is 23.8 Å². The van der Waals surface area contributed by atoms with E-state index in [2.05, 4.69) is 5.32 Å². The number of ether oxygens (including phenoxy) is 1. The van der Waals surface area contributed by atoms with E-state index in [0.29, 0.717) is 32.6 Å². The first-order chi connectivity index (χ1) is 8.98. The third-order valence-corrected chi connectivity index (χ3v) is 3.59. The summed E-state index contributed by atoms with van der Waals surface area (Å²) < 4.78 is 5.23. The predicted octanol–water partition coefficient (Wildman–Crippen LogP) is 1.29. The molecule has 0 radical (unpaired) electrons. The van der Waals surface area contributed by atoms with Crippen LogP contribution < -0.4 is 5.32 Å². The van der Waals surface area contributed by atoms with E-state index in [-0.39, 0.29) is 17.5 Å². The van der Waals surface area contributed by atoms with Gasteiger partial charge in [-0.1, -0.05) is 0 Å². The van der Waals surface area contributed by atoms with Gasteiger partial charge in [-0.15, -0.1) is 0 Å². The molecule has 1 atom stereocenters. The van der Waals surface area contributed by atoms with Crippen LogP contribution in [0.4, 0.5) is 0 Å². The van der Waals surface area contributed by atoms with Gasteiger partial charge in [0.1, 0.15) is 11.5 Å². The molecule has 0 bridgehead atoms. The molecule has 1 aromatic rings. The van der Waals surface area contributed by atoms with E-state index < -0.39 is 5.60 Å². The van der Waals surface area contributed by atoms with E-state index in [1.54, 1.807) is 12.1 Å². The molecule has 0 saturated carbocycles. The van der Waals surface area contributed by atoms with Crippen LogP contribution in [0.1, 0.15) is 31.4 Å². The zero-order valence-electron chi connectivity index (χ0n) is 11.1. The summed E-state index contributed by atoms with van der Waals surface area (Å²) in [6, 6.07) is 4.43. The molecule has 1 heterocycles. The van der Waals surface area contributed by atoms with Crippen LogP contribution in [0, 0.1) is 0 Å². The molecule has 1 saturated heterocycles. The molecule has 1 unspecified atom stereocenters. The van der Waals surface area contributed by atoms with Crippen molar-refractivity contribution < 1.29 is 20.1 Å². The largest absolute Gasteiger partial charge is 0.508 e. The molecule has 0 aliphatic carbocycles. The monoisotopic (exact) mass is 267 g/mol. The van der Waals surface area contributed by atoms with Crippen molar-refractivity contribution in [3.8, 4) is 11.5 Å². The molecule has 0 aromatic heterocycles. The second-order valence-electron chi connectivity index (χ2n) is 5.22. The number of aliphatic hydroxyl groups is 1. The van der Waals surface area contributed by atoms with Gasteiger partial charge in [-0.2, -0.15) is 0 Å². The van der Waals surface area contributed by atoms with Crippen molar-refractivity contribution >= 4 is 0 Å². The fraction of sp³-hybridized carbons (Fsp3) is 0.571. The van der Waals surface area contributed by atoms with Crippen molar-refractivity contribution in [1.29, 1.82) is 0 Å². The Balaban J connectivity index is 1.95. The van der Waals surface area contributed by atoms with Gasteiger partial charge in [-0.25, -0.2) is 0 Å². The summed E-state index contributed by atoms with van der Waals surface area (Å²) in [7, 11) is 0. The third-order valence-electron chi connectivity index (χ3n) is 3.59. The van der Waals surface area contributed by atoms with Crippen LogP contribution in [-0.4, -0.2) is 40.7 Å². The number of aromatic hydroxyl groups is 2. The zero-order chi connectivity index (χ0) is 13.9. The van der Waals surface area contributed by atoms with Gasteiger partial charge in [-0.3, -0.25) is 0 Å². The average Bonchev–Trinajstić information content (AvgIpc) is 2.36. The Morgan fingerprint density at radius 1 is 1.21 bits per heavy atom. The van der Waals surface area contributed by atoms with Gasteiger partial charge in [-0.05, 0) is 24.6 Å². The quantitative estimate of drug-likeness (QED) is 0.661. The highest BCUT2D eigenvalue weighted by molar-refractivity contribution is 5.37. The standard InChI is InChI=1S/C14H21NO4/c1-10(11-6-12(16)8-13(17)7-11)15-9-14(18)2-4-19-5-3-14/h6-8,10,15-18H,2-5,9H2,1H3. The molecule has 1 aromatic carbocycles. The lowest BCUT2D eigenvalue weighted by Gasteiger charge is -2.33. The van der Waals surface area contributed by atoms with E-state index in [9.17, 15) is 15.3 Å². The summed E-state index contributed by atoms with van der Waals surface area (Å²) in [4.78, 5) is 0. The van der Waals surface area contributed by atoms with E-state index >= 15 is 0 Å².